The van der Waals surface area contributed by atoms with Crippen LogP contribution in [0.25, 0.3) is 97.8 Å². The molecular weight excluding hydrogens is 741 g/mol. The van der Waals surface area contributed by atoms with Gasteiger partial charge < -0.3 is 9.32 Å². The van der Waals surface area contributed by atoms with Gasteiger partial charge in [-0.05, 0) is 70.1 Å². The van der Waals surface area contributed by atoms with Crippen LogP contribution in [0.4, 0.5) is 17.1 Å². The van der Waals surface area contributed by atoms with E-state index in [0.717, 1.165) is 66.5 Å². The van der Waals surface area contributed by atoms with Crippen LogP contribution in [0.2, 0.25) is 0 Å². The molecule has 276 valence electrons. The molecule has 0 radical (unpaired) electrons. The second-order valence-electron chi connectivity index (χ2n) is 14.8. The maximum absolute atomic E-state index is 6.72. The quantitative estimate of drug-likeness (QED) is 0.158. The number of nitrogens with zero attached hydrogens (tertiary/aromatic N) is 4. The van der Waals surface area contributed by atoms with E-state index in [0.29, 0.717) is 17.5 Å². The summed E-state index contributed by atoms with van der Waals surface area (Å²) in [6, 6.07) is 68.0. The second kappa shape index (κ2) is 13.5. The molecule has 0 aliphatic heterocycles. The number of furan rings is 1. The predicted molar refractivity (Wildman–Crippen MR) is 246 cm³/mol. The number of rotatable bonds is 6. The highest BCUT2D eigenvalue weighted by Crippen LogP contribution is 2.45. The van der Waals surface area contributed by atoms with Gasteiger partial charge >= 0.3 is 0 Å². The van der Waals surface area contributed by atoms with Crippen molar-refractivity contribution < 1.29 is 4.42 Å². The van der Waals surface area contributed by atoms with E-state index in [1.807, 2.05) is 30.3 Å². The normalized spacial score (nSPS) is 11.7. The number of para-hydroxylation sites is 2. The number of thiophene rings is 1. The van der Waals surface area contributed by atoms with Crippen LogP contribution in [0.15, 0.2) is 199 Å². The summed E-state index contributed by atoms with van der Waals surface area (Å²) in [5.41, 5.74) is 7.27. The summed E-state index contributed by atoms with van der Waals surface area (Å²) in [6.45, 7) is 0. The van der Waals surface area contributed by atoms with E-state index < -0.39 is 0 Å². The van der Waals surface area contributed by atoms with Crippen molar-refractivity contribution in [3.63, 3.8) is 0 Å². The Labute approximate surface area is 343 Å². The van der Waals surface area contributed by atoms with Gasteiger partial charge in [-0.25, -0.2) is 15.0 Å². The minimum Gasteiger partial charge on any atom is -0.456 e. The fraction of sp³-hybridized carbons (Fsp3) is 0. The van der Waals surface area contributed by atoms with E-state index in [1.165, 1.54) is 30.9 Å². The summed E-state index contributed by atoms with van der Waals surface area (Å²) in [4.78, 5) is 18.2. The van der Waals surface area contributed by atoms with Crippen molar-refractivity contribution in [2.24, 2.45) is 0 Å². The number of hydrogen-bond donors (Lipinski definition) is 0. The van der Waals surface area contributed by atoms with Gasteiger partial charge in [0, 0.05) is 65.1 Å². The van der Waals surface area contributed by atoms with E-state index in [2.05, 4.69) is 169 Å². The van der Waals surface area contributed by atoms with Crippen molar-refractivity contribution in [1.29, 1.82) is 0 Å². The zero-order valence-corrected chi connectivity index (χ0v) is 32.4. The molecule has 0 aliphatic carbocycles. The van der Waals surface area contributed by atoms with Crippen molar-refractivity contribution in [1.82, 2.24) is 15.0 Å². The van der Waals surface area contributed by atoms with Crippen LogP contribution in [0, 0.1) is 0 Å². The molecule has 5 nitrogen and oxygen atoms in total. The fourth-order valence-corrected chi connectivity index (χ4v) is 9.74. The van der Waals surface area contributed by atoms with Crippen LogP contribution >= 0.6 is 11.3 Å². The third kappa shape index (κ3) is 5.57. The van der Waals surface area contributed by atoms with Crippen molar-refractivity contribution in [3.8, 4) is 34.2 Å². The Bertz CT molecular complexity index is 3580. The molecule has 0 saturated heterocycles. The lowest BCUT2D eigenvalue weighted by Crippen LogP contribution is -2.10. The largest absolute Gasteiger partial charge is 0.456 e. The summed E-state index contributed by atoms with van der Waals surface area (Å²) >= 11 is 1.79. The SMILES string of the molecule is c1ccc(-c2nc(-c3cc(N(c4ccccc4)c4ccc5c(ccc6ccccc65)c4)cc4oc5ccccc5c34)nc(-c3cccc4sc5ccccc5c34)n2)cc1. The summed E-state index contributed by atoms with van der Waals surface area (Å²) in [7, 11) is 0. The fourth-order valence-electron chi connectivity index (χ4n) is 8.60. The summed E-state index contributed by atoms with van der Waals surface area (Å²) in [5, 5.41) is 9.14. The first-order valence-corrected chi connectivity index (χ1v) is 20.5. The average molecular weight is 773 g/mol. The maximum atomic E-state index is 6.72. The van der Waals surface area contributed by atoms with Gasteiger partial charge in [-0.2, -0.15) is 0 Å². The van der Waals surface area contributed by atoms with Gasteiger partial charge in [0.2, 0.25) is 0 Å². The van der Waals surface area contributed by atoms with Crippen LogP contribution in [-0.4, -0.2) is 15.0 Å². The molecule has 0 unspecified atom stereocenters. The van der Waals surface area contributed by atoms with Gasteiger partial charge in [-0.15, -0.1) is 11.3 Å². The van der Waals surface area contributed by atoms with Gasteiger partial charge in [0.1, 0.15) is 11.2 Å². The summed E-state index contributed by atoms with van der Waals surface area (Å²) in [5.74, 6) is 1.80. The molecule has 0 atom stereocenters. The third-order valence-electron chi connectivity index (χ3n) is 11.3. The molecule has 0 amide bonds. The van der Waals surface area contributed by atoms with E-state index >= 15 is 0 Å². The van der Waals surface area contributed by atoms with E-state index in [1.54, 1.807) is 11.3 Å². The van der Waals surface area contributed by atoms with Crippen LogP contribution in [0.3, 0.4) is 0 Å². The van der Waals surface area contributed by atoms with Crippen LogP contribution in [-0.2, 0) is 0 Å². The molecule has 3 aromatic heterocycles. The number of fused-ring (bicyclic) bond motifs is 9. The van der Waals surface area contributed by atoms with Crippen molar-refractivity contribution in [3.05, 3.63) is 194 Å². The highest BCUT2D eigenvalue weighted by atomic mass is 32.1. The lowest BCUT2D eigenvalue weighted by atomic mass is 10.0. The summed E-state index contributed by atoms with van der Waals surface area (Å²) in [6.07, 6.45) is 0. The highest BCUT2D eigenvalue weighted by Gasteiger charge is 2.23. The molecule has 0 fully saturated rings. The number of anilines is 3. The standard InChI is InChI=1S/C53H32N4OS/c1-3-15-34(16-4-1)51-54-52(43-22-13-25-48-50(43)42-21-10-12-24-47(42)59-48)56-53(55-51)44-31-38(32-46-49(44)41-20-9-11-23-45(41)58-46)57(36-17-5-2-6-18-36)37-28-29-40-35(30-37)27-26-33-14-7-8-19-39(33)40/h1-32H. The Morgan fingerprint density at radius 2 is 1.03 bits per heavy atom. The highest BCUT2D eigenvalue weighted by molar-refractivity contribution is 7.25. The number of hydrogen-bond acceptors (Lipinski definition) is 6. The molecule has 0 aliphatic rings. The molecule has 12 rings (SSSR count). The zero-order chi connectivity index (χ0) is 38.9. The van der Waals surface area contributed by atoms with Crippen molar-refractivity contribution in [2.45, 2.75) is 0 Å². The predicted octanol–water partition coefficient (Wildman–Crippen LogP) is 14.9. The Kier molecular flexibility index (Phi) is 7.64. The first kappa shape index (κ1) is 33.5. The second-order valence-corrected chi connectivity index (χ2v) is 15.9. The molecule has 0 saturated carbocycles. The Morgan fingerprint density at radius 3 is 1.90 bits per heavy atom. The monoisotopic (exact) mass is 772 g/mol. The van der Waals surface area contributed by atoms with E-state index in [-0.39, 0.29) is 0 Å². The van der Waals surface area contributed by atoms with Crippen molar-refractivity contribution in [2.75, 3.05) is 4.90 Å². The molecule has 0 spiro atoms. The van der Waals surface area contributed by atoms with E-state index in [9.17, 15) is 0 Å². The van der Waals surface area contributed by atoms with Gasteiger partial charge in [0.05, 0.1) is 5.69 Å². The van der Waals surface area contributed by atoms with Crippen LogP contribution in [0.1, 0.15) is 0 Å². The topological polar surface area (TPSA) is 55.1 Å². The molecule has 9 aromatic carbocycles. The molecule has 3 heterocycles. The first-order chi connectivity index (χ1) is 29.2. The number of aromatic nitrogens is 3. The molecule has 6 heteroatoms. The summed E-state index contributed by atoms with van der Waals surface area (Å²) < 4.78 is 9.15. The lowest BCUT2D eigenvalue weighted by molar-refractivity contribution is 0.669. The molecule has 12 aromatic rings. The van der Waals surface area contributed by atoms with Gasteiger partial charge in [0.25, 0.3) is 0 Å². The van der Waals surface area contributed by atoms with Gasteiger partial charge in [-0.1, -0.05) is 140 Å². The van der Waals surface area contributed by atoms with Crippen LogP contribution < -0.4 is 4.90 Å². The maximum Gasteiger partial charge on any atom is 0.164 e. The smallest absolute Gasteiger partial charge is 0.164 e. The first-order valence-electron chi connectivity index (χ1n) is 19.7. The number of benzene rings is 9. The Morgan fingerprint density at radius 1 is 0.373 bits per heavy atom. The van der Waals surface area contributed by atoms with Crippen LogP contribution in [0.5, 0.6) is 0 Å². The molecule has 0 bridgehead atoms. The average Bonchev–Trinajstić information content (AvgIpc) is 3.88. The minimum absolute atomic E-state index is 0.571. The minimum atomic E-state index is 0.571. The third-order valence-corrected chi connectivity index (χ3v) is 12.4. The van der Waals surface area contributed by atoms with Gasteiger partial charge in [-0.3, -0.25) is 0 Å². The molecule has 59 heavy (non-hydrogen) atoms. The van der Waals surface area contributed by atoms with E-state index in [4.69, 9.17) is 19.4 Å². The van der Waals surface area contributed by atoms with Gasteiger partial charge in [0.15, 0.2) is 17.5 Å². The van der Waals surface area contributed by atoms with Crippen molar-refractivity contribution >= 4 is 92.1 Å². The zero-order valence-electron chi connectivity index (χ0n) is 31.6. The Hall–Kier alpha value is -7.67. The lowest BCUT2D eigenvalue weighted by Gasteiger charge is -2.26. The molecule has 0 N–H and O–H groups in total. The Balaban J connectivity index is 1.14. The molecular formula is C53H32N4OS.